The third-order valence-electron chi connectivity index (χ3n) is 5.97. The monoisotopic (exact) mass is 296 g/mol. The third-order valence-corrected chi connectivity index (χ3v) is 5.97. The lowest BCUT2D eigenvalue weighted by molar-refractivity contribution is 0.0548. The quantitative estimate of drug-likeness (QED) is 0.587. The van der Waals surface area contributed by atoms with E-state index in [1.165, 1.54) is 70.9 Å². The Labute approximate surface area is 134 Å². The standard InChI is InChI=1S/C19H40N2/c1-6-10-13-17(7-2)16-18(20-5)19(14-11-12-15-19)21(8-3)9-4/h17-18,20H,6-16H2,1-5H3. The van der Waals surface area contributed by atoms with E-state index in [1.54, 1.807) is 0 Å². The van der Waals surface area contributed by atoms with Gasteiger partial charge in [0.05, 0.1) is 0 Å². The van der Waals surface area contributed by atoms with Crippen molar-refractivity contribution in [3.63, 3.8) is 0 Å². The van der Waals surface area contributed by atoms with Gasteiger partial charge >= 0.3 is 0 Å². The second-order valence-corrected chi connectivity index (χ2v) is 6.98. The second kappa shape index (κ2) is 9.84. The smallest absolute Gasteiger partial charge is 0.0362 e. The molecule has 2 heteroatoms. The first-order chi connectivity index (χ1) is 10.2. The largest absolute Gasteiger partial charge is 0.315 e. The zero-order valence-electron chi connectivity index (χ0n) is 15.4. The molecule has 1 aliphatic rings. The average molecular weight is 297 g/mol. The number of hydrogen-bond donors (Lipinski definition) is 1. The molecule has 126 valence electrons. The van der Waals surface area contributed by atoms with Gasteiger partial charge in [0.15, 0.2) is 0 Å². The van der Waals surface area contributed by atoms with Gasteiger partial charge in [-0.25, -0.2) is 0 Å². The van der Waals surface area contributed by atoms with Crippen molar-refractivity contribution < 1.29 is 0 Å². The molecule has 2 unspecified atom stereocenters. The highest BCUT2D eigenvalue weighted by molar-refractivity contribution is 5.03. The predicted molar refractivity (Wildman–Crippen MR) is 94.9 cm³/mol. The molecule has 0 saturated heterocycles. The maximum absolute atomic E-state index is 3.73. The zero-order chi connectivity index (χ0) is 15.7. The van der Waals surface area contributed by atoms with E-state index in [2.05, 4.69) is 45.0 Å². The topological polar surface area (TPSA) is 15.3 Å². The van der Waals surface area contributed by atoms with E-state index in [9.17, 15) is 0 Å². The van der Waals surface area contributed by atoms with E-state index in [0.717, 1.165) is 5.92 Å². The van der Waals surface area contributed by atoms with Crippen molar-refractivity contribution in [2.45, 2.75) is 97.1 Å². The van der Waals surface area contributed by atoms with Crippen LogP contribution in [0.5, 0.6) is 0 Å². The summed E-state index contributed by atoms with van der Waals surface area (Å²) in [6.45, 7) is 11.8. The van der Waals surface area contributed by atoms with Crippen LogP contribution in [0.2, 0.25) is 0 Å². The Hall–Kier alpha value is -0.0800. The van der Waals surface area contributed by atoms with Gasteiger partial charge in [-0.3, -0.25) is 4.90 Å². The lowest BCUT2D eigenvalue weighted by Crippen LogP contribution is -2.59. The van der Waals surface area contributed by atoms with Crippen LogP contribution < -0.4 is 5.32 Å². The highest BCUT2D eigenvalue weighted by atomic mass is 15.2. The first-order valence-corrected chi connectivity index (χ1v) is 9.60. The van der Waals surface area contributed by atoms with Crippen LogP contribution in [0, 0.1) is 5.92 Å². The Bertz CT molecular complexity index is 254. The van der Waals surface area contributed by atoms with Gasteiger partial charge in [-0.2, -0.15) is 0 Å². The molecule has 1 fully saturated rings. The van der Waals surface area contributed by atoms with E-state index < -0.39 is 0 Å². The van der Waals surface area contributed by atoms with Gasteiger partial charge < -0.3 is 5.32 Å². The molecule has 2 nitrogen and oxygen atoms in total. The van der Waals surface area contributed by atoms with Crippen molar-refractivity contribution in [3.05, 3.63) is 0 Å². The van der Waals surface area contributed by atoms with Crippen molar-refractivity contribution in [1.82, 2.24) is 10.2 Å². The van der Waals surface area contributed by atoms with Crippen LogP contribution in [0.1, 0.15) is 85.5 Å². The normalized spacial score (nSPS) is 20.9. The molecule has 21 heavy (non-hydrogen) atoms. The molecule has 0 aromatic carbocycles. The summed E-state index contributed by atoms with van der Waals surface area (Å²) in [5, 5.41) is 3.73. The first-order valence-electron chi connectivity index (χ1n) is 9.60. The molecule has 0 bridgehead atoms. The molecular weight excluding hydrogens is 256 g/mol. The summed E-state index contributed by atoms with van der Waals surface area (Å²) in [7, 11) is 2.20. The van der Waals surface area contributed by atoms with Gasteiger partial charge in [-0.15, -0.1) is 0 Å². The number of unbranched alkanes of at least 4 members (excludes halogenated alkanes) is 1. The molecule has 2 atom stereocenters. The van der Waals surface area contributed by atoms with E-state index in [4.69, 9.17) is 0 Å². The zero-order valence-corrected chi connectivity index (χ0v) is 15.4. The summed E-state index contributed by atoms with van der Waals surface area (Å²) in [4.78, 5) is 2.76. The van der Waals surface area contributed by atoms with Gasteiger partial charge in [-0.05, 0) is 45.3 Å². The Morgan fingerprint density at radius 3 is 2.10 bits per heavy atom. The Balaban J connectivity index is 2.81. The average Bonchev–Trinajstić information content (AvgIpc) is 2.99. The van der Waals surface area contributed by atoms with Gasteiger partial charge in [0.25, 0.3) is 0 Å². The molecule has 0 heterocycles. The van der Waals surface area contributed by atoms with Crippen LogP contribution in [0.25, 0.3) is 0 Å². The lowest BCUT2D eigenvalue weighted by atomic mass is 9.79. The minimum absolute atomic E-state index is 0.428. The maximum atomic E-state index is 3.73. The summed E-state index contributed by atoms with van der Waals surface area (Å²) < 4.78 is 0. The summed E-state index contributed by atoms with van der Waals surface area (Å²) in [5.74, 6) is 0.899. The lowest BCUT2D eigenvalue weighted by Gasteiger charge is -2.47. The van der Waals surface area contributed by atoms with Crippen LogP contribution >= 0.6 is 0 Å². The molecule has 0 spiro atoms. The minimum atomic E-state index is 0.428. The summed E-state index contributed by atoms with van der Waals surface area (Å²) in [6.07, 6.45) is 12.5. The number of nitrogens with one attached hydrogen (secondary N) is 1. The Morgan fingerprint density at radius 2 is 1.67 bits per heavy atom. The van der Waals surface area contributed by atoms with Crippen LogP contribution in [-0.4, -0.2) is 36.6 Å². The molecule has 0 amide bonds. The van der Waals surface area contributed by atoms with Crippen LogP contribution in [-0.2, 0) is 0 Å². The molecule has 0 aliphatic heterocycles. The number of hydrogen-bond acceptors (Lipinski definition) is 2. The van der Waals surface area contributed by atoms with Gasteiger partial charge in [0.1, 0.15) is 0 Å². The SMILES string of the molecule is CCCCC(CC)CC(NC)C1(N(CC)CC)CCCC1. The highest BCUT2D eigenvalue weighted by Gasteiger charge is 2.44. The van der Waals surface area contributed by atoms with E-state index >= 15 is 0 Å². The fourth-order valence-corrected chi connectivity index (χ4v) is 4.65. The van der Waals surface area contributed by atoms with Crippen molar-refractivity contribution >= 4 is 0 Å². The van der Waals surface area contributed by atoms with Crippen LogP contribution in [0.4, 0.5) is 0 Å². The van der Waals surface area contributed by atoms with Crippen molar-refractivity contribution in [1.29, 1.82) is 0 Å². The summed E-state index contributed by atoms with van der Waals surface area (Å²) >= 11 is 0. The van der Waals surface area contributed by atoms with E-state index in [0.29, 0.717) is 11.6 Å². The van der Waals surface area contributed by atoms with Crippen molar-refractivity contribution in [2.75, 3.05) is 20.1 Å². The van der Waals surface area contributed by atoms with Gasteiger partial charge in [0.2, 0.25) is 0 Å². The molecular formula is C19H40N2. The van der Waals surface area contributed by atoms with Crippen LogP contribution in [0.3, 0.4) is 0 Å². The third kappa shape index (κ3) is 4.69. The Kier molecular flexibility index (Phi) is 8.89. The van der Waals surface area contributed by atoms with Crippen molar-refractivity contribution in [2.24, 2.45) is 5.92 Å². The predicted octanol–water partition coefficient (Wildman–Crippen LogP) is 4.84. The first kappa shape index (κ1) is 19.0. The van der Waals surface area contributed by atoms with Gasteiger partial charge in [0, 0.05) is 11.6 Å². The molecule has 0 aromatic heterocycles. The van der Waals surface area contributed by atoms with E-state index in [1.807, 2.05) is 0 Å². The van der Waals surface area contributed by atoms with E-state index in [-0.39, 0.29) is 0 Å². The molecule has 1 N–H and O–H groups in total. The molecule has 1 saturated carbocycles. The maximum Gasteiger partial charge on any atom is 0.0362 e. The number of likely N-dealkylation sites (N-methyl/N-ethyl adjacent to an activating group) is 2. The number of rotatable bonds is 11. The highest BCUT2D eigenvalue weighted by Crippen LogP contribution is 2.40. The fourth-order valence-electron chi connectivity index (χ4n) is 4.65. The molecule has 0 aromatic rings. The summed E-state index contributed by atoms with van der Waals surface area (Å²) in [5.41, 5.74) is 0.428. The minimum Gasteiger partial charge on any atom is -0.315 e. The second-order valence-electron chi connectivity index (χ2n) is 6.98. The van der Waals surface area contributed by atoms with Gasteiger partial charge in [-0.1, -0.05) is 66.2 Å². The molecule has 1 rings (SSSR count). The molecule has 0 radical (unpaired) electrons. The number of nitrogens with zero attached hydrogens (tertiary/aromatic N) is 1. The Morgan fingerprint density at radius 1 is 1.05 bits per heavy atom. The summed E-state index contributed by atoms with van der Waals surface area (Å²) in [6, 6.07) is 0.668. The van der Waals surface area contributed by atoms with Crippen LogP contribution in [0.15, 0.2) is 0 Å². The molecule has 1 aliphatic carbocycles. The van der Waals surface area contributed by atoms with Crippen molar-refractivity contribution in [3.8, 4) is 0 Å². The fraction of sp³-hybridized carbons (Fsp3) is 1.00.